The molecule has 1 aromatic carbocycles. The maximum absolute atomic E-state index is 11.8. The highest BCUT2D eigenvalue weighted by atomic mass is 16.6. The first kappa shape index (κ1) is 16.5. The molecule has 1 amide bonds. The highest BCUT2D eigenvalue weighted by molar-refractivity contribution is 5.84. The topological polar surface area (TPSA) is 88.4 Å². The second-order valence-electron chi connectivity index (χ2n) is 4.37. The fraction of sp³-hybridized carbons (Fsp3) is 0.400. The van der Waals surface area contributed by atoms with E-state index in [9.17, 15) is 9.59 Å². The molecule has 0 unspecified atom stereocenters. The van der Waals surface area contributed by atoms with E-state index in [4.69, 9.17) is 14.7 Å². The minimum Gasteiger partial charge on any atom is -0.479 e. The molecule has 6 heteroatoms. The maximum atomic E-state index is 11.8. The molecule has 112 valence electrons. The summed E-state index contributed by atoms with van der Waals surface area (Å²) in [7, 11) is 0. The molecule has 1 rings (SSSR count). The van der Waals surface area contributed by atoms with E-state index in [1.165, 1.54) is 13.8 Å². The van der Waals surface area contributed by atoms with Crippen LogP contribution in [0.2, 0.25) is 0 Å². The number of hydrogen-bond donors (Lipinski definition) is 1. The zero-order valence-electron chi connectivity index (χ0n) is 12.3. The number of carbonyl (C=O) groups excluding carboxylic acids is 2. The number of rotatable bonds is 6. The van der Waals surface area contributed by atoms with Crippen molar-refractivity contribution in [2.24, 2.45) is 0 Å². The van der Waals surface area contributed by atoms with E-state index in [0.717, 1.165) is 0 Å². The van der Waals surface area contributed by atoms with Crippen LogP contribution in [-0.4, -0.2) is 30.6 Å². The largest absolute Gasteiger partial charge is 0.479 e. The fourth-order valence-corrected chi connectivity index (χ4v) is 1.50. The third-order valence-electron chi connectivity index (χ3n) is 2.64. The van der Waals surface area contributed by atoms with Crippen molar-refractivity contribution in [2.75, 3.05) is 6.54 Å². The van der Waals surface area contributed by atoms with Gasteiger partial charge in [0.15, 0.2) is 12.2 Å². The second-order valence-corrected chi connectivity index (χ2v) is 4.37. The summed E-state index contributed by atoms with van der Waals surface area (Å²) >= 11 is 0. The van der Waals surface area contributed by atoms with E-state index in [1.807, 2.05) is 6.07 Å². The lowest BCUT2D eigenvalue weighted by Gasteiger charge is -2.17. The molecular formula is C15H18N2O4. The van der Waals surface area contributed by atoms with Gasteiger partial charge in [0.05, 0.1) is 11.6 Å². The molecule has 0 aliphatic rings. The Labute approximate surface area is 123 Å². The van der Waals surface area contributed by atoms with Crippen LogP contribution < -0.4 is 10.1 Å². The molecule has 21 heavy (non-hydrogen) atoms. The Morgan fingerprint density at radius 3 is 2.38 bits per heavy atom. The summed E-state index contributed by atoms with van der Waals surface area (Å²) < 4.78 is 10.4. The molecule has 0 aliphatic carbocycles. The molecule has 0 saturated heterocycles. The number of benzene rings is 1. The van der Waals surface area contributed by atoms with Crippen molar-refractivity contribution in [1.29, 1.82) is 5.26 Å². The van der Waals surface area contributed by atoms with E-state index in [2.05, 4.69) is 5.32 Å². The van der Waals surface area contributed by atoms with E-state index in [0.29, 0.717) is 17.9 Å². The van der Waals surface area contributed by atoms with Crippen molar-refractivity contribution in [1.82, 2.24) is 5.32 Å². The molecule has 0 aromatic heterocycles. The molecule has 0 heterocycles. The van der Waals surface area contributed by atoms with Crippen LogP contribution in [0.4, 0.5) is 0 Å². The first-order valence-electron chi connectivity index (χ1n) is 6.63. The average Bonchev–Trinajstić information content (AvgIpc) is 2.48. The molecule has 6 nitrogen and oxygen atoms in total. The molecule has 0 spiro atoms. The standard InChI is InChI=1S/C15H18N2O4/c1-4-17-14(18)10(2)21-15(19)11(3)20-13-7-5-12(9-16)6-8-13/h5-8,10-11H,4H2,1-3H3,(H,17,18)/t10-,11-/m1/s1. The molecule has 0 bridgehead atoms. The Kier molecular flexibility index (Phi) is 6.21. The lowest BCUT2D eigenvalue weighted by molar-refractivity contribution is -0.160. The van der Waals surface area contributed by atoms with Gasteiger partial charge in [-0.05, 0) is 45.0 Å². The first-order valence-corrected chi connectivity index (χ1v) is 6.63. The molecule has 0 fully saturated rings. The molecular weight excluding hydrogens is 272 g/mol. The van der Waals surface area contributed by atoms with Crippen LogP contribution in [0.15, 0.2) is 24.3 Å². The lowest BCUT2D eigenvalue weighted by atomic mass is 10.2. The lowest BCUT2D eigenvalue weighted by Crippen LogP contribution is -2.38. The summed E-state index contributed by atoms with van der Waals surface area (Å²) in [5, 5.41) is 11.3. The predicted molar refractivity (Wildman–Crippen MR) is 75.5 cm³/mol. The van der Waals surface area contributed by atoms with E-state index >= 15 is 0 Å². The van der Waals surface area contributed by atoms with Crippen molar-refractivity contribution < 1.29 is 19.1 Å². The molecule has 1 N–H and O–H groups in total. The van der Waals surface area contributed by atoms with Crippen LogP contribution in [0, 0.1) is 11.3 Å². The Balaban J connectivity index is 2.54. The quantitative estimate of drug-likeness (QED) is 0.800. The summed E-state index contributed by atoms with van der Waals surface area (Å²) in [6.45, 7) is 5.28. The number of carbonyl (C=O) groups is 2. The summed E-state index contributed by atoms with van der Waals surface area (Å²) in [6, 6.07) is 8.35. The minimum atomic E-state index is -0.871. The molecule has 0 aliphatic heterocycles. The van der Waals surface area contributed by atoms with Gasteiger partial charge in [0.25, 0.3) is 5.91 Å². The third-order valence-corrected chi connectivity index (χ3v) is 2.64. The molecule has 2 atom stereocenters. The predicted octanol–water partition coefficient (Wildman–Crippen LogP) is 1.39. The summed E-state index contributed by atoms with van der Waals surface area (Å²) in [5.41, 5.74) is 0.502. The Hall–Kier alpha value is -2.55. The third kappa shape index (κ3) is 5.15. The Morgan fingerprint density at radius 1 is 1.24 bits per heavy atom. The Bertz CT molecular complexity index is 534. The zero-order chi connectivity index (χ0) is 15.8. The highest BCUT2D eigenvalue weighted by Crippen LogP contribution is 2.14. The van der Waals surface area contributed by atoms with Crippen LogP contribution in [-0.2, 0) is 14.3 Å². The van der Waals surface area contributed by atoms with Crippen LogP contribution in [0.3, 0.4) is 0 Å². The number of nitrogens with one attached hydrogen (secondary N) is 1. The van der Waals surface area contributed by atoms with Gasteiger partial charge in [0.2, 0.25) is 0 Å². The van der Waals surface area contributed by atoms with E-state index < -0.39 is 18.2 Å². The van der Waals surface area contributed by atoms with Gasteiger partial charge in [-0.25, -0.2) is 4.79 Å². The van der Waals surface area contributed by atoms with Crippen LogP contribution >= 0.6 is 0 Å². The van der Waals surface area contributed by atoms with Crippen LogP contribution in [0.5, 0.6) is 5.75 Å². The summed E-state index contributed by atoms with van der Waals surface area (Å²) in [6.07, 6.45) is -1.72. The first-order chi connectivity index (χ1) is 9.97. The molecule has 0 saturated carbocycles. The van der Waals surface area contributed by atoms with Crippen molar-refractivity contribution >= 4 is 11.9 Å². The monoisotopic (exact) mass is 290 g/mol. The SMILES string of the molecule is CCNC(=O)[C@@H](C)OC(=O)[C@@H](C)Oc1ccc(C#N)cc1. The van der Waals surface area contributed by atoms with Crippen molar-refractivity contribution in [3.8, 4) is 11.8 Å². The maximum Gasteiger partial charge on any atom is 0.347 e. The van der Waals surface area contributed by atoms with Gasteiger partial charge in [0.1, 0.15) is 5.75 Å². The van der Waals surface area contributed by atoms with Gasteiger partial charge in [-0.3, -0.25) is 4.79 Å². The van der Waals surface area contributed by atoms with Gasteiger partial charge in [-0.2, -0.15) is 5.26 Å². The number of ether oxygens (including phenoxy) is 2. The minimum absolute atomic E-state index is 0.351. The zero-order valence-corrected chi connectivity index (χ0v) is 12.3. The normalized spacial score (nSPS) is 12.7. The van der Waals surface area contributed by atoms with Crippen molar-refractivity contribution in [2.45, 2.75) is 33.0 Å². The van der Waals surface area contributed by atoms with Crippen molar-refractivity contribution in [3.05, 3.63) is 29.8 Å². The molecule has 1 aromatic rings. The fourth-order valence-electron chi connectivity index (χ4n) is 1.50. The van der Waals surface area contributed by atoms with Gasteiger partial charge in [0, 0.05) is 6.54 Å². The number of hydrogen-bond acceptors (Lipinski definition) is 5. The van der Waals surface area contributed by atoms with Crippen molar-refractivity contribution in [3.63, 3.8) is 0 Å². The van der Waals surface area contributed by atoms with Gasteiger partial charge in [-0.15, -0.1) is 0 Å². The summed E-state index contributed by atoms with van der Waals surface area (Å²) in [4.78, 5) is 23.3. The molecule has 0 radical (unpaired) electrons. The van der Waals surface area contributed by atoms with Gasteiger partial charge < -0.3 is 14.8 Å². The van der Waals surface area contributed by atoms with Crippen LogP contribution in [0.1, 0.15) is 26.3 Å². The second kappa shape index (κ2) is 7.90. The number of esters is 1. The number of amides is 1. The van der Waals surface area contributed by atoms with Crippen LogP contribution in [0.25, 0.3) is 0 Å². The Morgan fingerprint density at radius 2 is 1.86 bits per heavy atom. The smallest absolute Gasteiger partial charge is 0.347 e. The van der Waals surface area contributed by atoms with E-state index in [1.54, 1.807) is 31.2 Å². The number of nitrogens with zero attached hydrogens (tertiary/aromatic N) is 1. The van der Waals surface area contributed by atoms with Gasteiger partial charge in [-0.1, -0.05) is 0 Å². The van der Waals surface area contributed by atoms with E-state index in [-0.39, 0.29) is 5.91 Å². The summed E-state index contributed by atoms with van der Waals surface area (Å²) in [5.74, 6) is -0.529. The number of likely N-dealkylation sites (N-methyl/N-ethyl adjacent to an activating group) is 1. The van der Waals surface area contributed by atoms with Gasteiger partial charge >= 0.3 is 5.97 Å². The highest BCUT2D eigenvalue weighted by Gasteiger charge is 2.22. The average molecular weight is 290 g/mol. The number of nitriles is 1.